The number of esters is 1. The number of sulfonamides is 1. The van der Waals surface area contributed by atoms with Crippen molar-refractivity contribution in [2.24, 2.45) is 0 Å². The third-order valence-electron chi connectivity index (χ3n) is 4.79. The van der Waals surface area contributed by atoms with Crippen molar-refractivity contribution in [1.29, 1.82) is 0 Å². The molecule has 0 heterocycles. The number of ether oxygens (including phenoxy) is 3. The fourth-order valence-electron chi connectivity index (χ4n) is 3.08. The summed E-state index contributed by atoms with van der Waals surface area (Å²) in [5, 5.41) is 2.65. The summed E-state index contributed by atoms with van der Waals surface area (Å²) in [6.07, 6.45) is 0. The Bertz CT molecular complexity index is 1270. The van der Waals surface area contributed by atoms with E-state index in [0.717, 1.165) is 5.56 Å². The molecule has 0 aliphatic rings. The summed E-state index contributed by atoms with van der Waals surface area (Å²) in [6, 6.07) is 19.1. The SMILES string of the molecule is CCOc1ccc(S(=O)(=O)Nc2ccccc2C(=O)OCC(=O)NCc2cccc(OC)c2)cc1. The van der Waals surface area contributed by atoms with Gasteiger partial charge in [-0.2, -0.15) is 0 Å². The average Bonchev–Trinajstić information content (AvgIpc) is 2.87. The molecule has 0 aromatic heterocycles. The molecule has 3 rings (SSSR count). The molecule has 35 heavy (non-hydrogen) atoms. The van der Waals surface area contributed by atoms with Gasteiger partial charge in [-0.15, -0.1) is 0 Å². The van der Waals surface area contributed by atoms with Gasteiger partial charge in [-0.25, -0.2) is 13.2 Å². The standard InChI is InChI=1S/C25H26N2O7S/c1-3-33-19-11-13-21(14-12-19)35(30,31)27-23-10-5-4-9-22(23)25(29)34-17-24(28)26-16-18-7-6-8-20(15-18)32-2/h4-15,27H,3,16-17H2,1-2H3,(H,26,28). The number of hydrogen-bond donors (Lipinski definition) is 2. The highest BCUT2D eigenvalue weighted by Gasteiger charge is 2.20. The molecule has 3 aromatic carbocycles. The zero-order valence-electron chi connectivity index (χ0n) is 19.3. The Balaban J connectivity index is 1.61. The van der Waals surface area contributed by atoms with Crippen molar-refractivity contribution in [3.05, 3.63) is 83.9 Å². The first-order valence-electron chi connectivity index (χ1n) is 10.7. The second-order valence-corrected chi connectivity index (χ2v) is 8.94. The zero-order valence-corrected chi connectivity index (χ0v) is 20.1. The lowest BCUT2D eigenvalue weighted by atomic mass is 10.2. The first kappa shape index (κ1) is 25.6. The maximum Gasteiger partial charge on any atom is 0.340 e. The molecule has 9 nitrogen and oxygen atoms in total. The number of nitrogens with one attached hydrogen (secondary N) is 2. The Hall–Kier alpha value is -4.05. The molecule has 0 bridgehead atoms. The van der Waals surface area contributed by atoms with Crippen molar-refractivity contribution in [1.82, 2.24) is 5.32 Å². The predicted octanol–water partition coefficient (Wildman–Crippen LogP) is 3.37. The third kappa shape index (κ3) is 7.21. The first-order chi connectivity index (χ1) is 16.8. The molecule has 0 spiro atoms. The van der Waals surface area contributed by atoms with Crippen molar-refractivity contribution >= 4 is 27.6 Å². The molecule has 0 saturated carbocycles. The van der Waals surface area contributed by atoms with Crippen LogP contribution in [-0.2, 0) is 26.1 Å². The van der Waals surface area contributed by atoms with E-state index in [1.807, 2.05) is 13.0 Å². The molecular formula is C25H26N2O7S. The van der Waals surface area contributed by atoms with E-state index in [2.05, 4.69) is 10.0 Å². The molecule has 0 fully saturated rings. The van der Waals surface area contributed by atoms with Gasteiger partial charge in [0.15, 0.2) is 6.61 Å². The van der Waals surface area contributed by atoms with Crippen LogP contribution >= 0.6 is 0 Å². The number of amides is 1. The number of hydrogen-bond acceptors (Lipinski definition) is 7. The smallest absolute Gasteiger partial charge is 0.340 e. The van der Waals surface area contributed by atoms with Crippen LogP contribution < -0.4 is 19.5 Å². The van der Waals surface area contributed by atoms with Crippen LogP contribution in [0.15, 0.2) is 77.7 Å². The molecule has 0 aliphatic carbocycles. The summed E-state index contributed by atoms with van der Waals surface area (Å²) in [4.78, 5) is 24.7. The number of carbonyl (C=O) groups excluding carboxylic acids is 2. The number of anilines is 1. The molecule has 1 amide bonds. The van der Waals surface area contributed by atoms with E-state index in [-0.39, 0.29) is 22.7 Å². The van der Waals surface area contributed by atoms with E-state index in [1.54, 1.807) is 49.6 Å². The average molecular weight is 499 g/mol. The number of carbonyl (C=O) groups is 2. The second kappa shape index (κ2) is 11.9. The van der Waals surface area contributed by atoms with Crippen molar-refractivity contribution < 1.29 is 32.2 Å². The normalized spacial score (nSPS) is 10.8. The molecular weight excluding hydrogens is 472 g/mol. The number of methoxy groups -OCH3 is 1. The van der Waals surface area contributed by atoms with E-state index < -0.39 is 28.5 Å². The fourth-order valence-corrected chi connectivity index (χ4v) is 4.16. The molecule has 0 atom stereocenters. The molecule has 184 valence electrons. The molecule has 0 radical (unpaired) electrons. The van der Waals surface area contributed by atoms with E-state index in [1.165, 1.54) is 24.3 Å². The Morgan fingerprint density at radius 3 is 2.37 bits per heavy atom. The molecule has 0 unspecified atom stereocenters. The maximum absolute atomic E-state index is 12.8. The number of para-hydroxylation sites is 1. The highest BCUT2D eigenvalue weighted by Crippen LogP contribution is 2.22. The minimum atomic E-state index is -3.98. The second-order valence-electron chi connectivity index (χ2n) is 7.26. The van der Waals surface area contributed by atoms with Gasteiger partial charge in [0.2, 0.25) is 0 Å². The van der Waals surface area contributed by atoms with Crippen molar-refractivity contribution in [2.75, 3.05) is 25.0 Å². The van der Waals surface area contributed by atoms with Crippen molar-refractivity contribution in [2.45, 2.75) is 18.4 Å². The van der Waals surface area contributed by atoms with Gasteiger partial charge in [0.25, 0.3) is 15.9 Å². The van der Waals surface area contributed by atoms with Crippen LogP contribution in [0.4, 0.5) is 5.69 Å². The lowest BCUT2D eigenvalue weighted by Crippen LogP contribution is -2.28. The van der Waals surface area contributed by atoms with Gasteiger partial charge in [-0.3, -0.25) is 9.52 Å². The van der Waals surface area contributed by atoms with Gasteiger partial charge in [0.1, 0.15) is 11.5 Å². The minimum absolute atomic E-state index is 0.000966. The third-order valence-corrected chi connectivity index (χ3v) is 6.18. The summed E-state index contributed by atoms with van der Waals surface area (Å²) in [6.45, 7) is 1.99. The lowest BCUT2D eigenvalue weighted by Gasteiger charge is -2.13. The predicted molar refractivity (Wildman–Crippen MR) is 130 cm³/mol. The minimum Gasteiger partial charge on any atom is -0.497 e. The summed E-state index contributed by atoms with van der Waals surface area (Å²) in [5.41, 5.74) is 0.823. The highest BCUT2D eigenvalue weighted by molar-refractivity contribution is 7.92. The Morgan fingerprint density at radius 1 is 0.914 bits per heavy atom. The molecule has 2 N–H and O–H groups in total. The van der Waals surface area contributed by atoms with Gasteiger partial charge in [0, 0.05) is 6.54 Å². The van der Waals surface area contributed by atoms with Crippen LogP contribution in [-0.4, -0.2) is 40.6 Å². The summed E-state index contributed by atoms with van der Waals surface area (Å²) < 4.78 is 43.6. The van der Waals surface area contributed by atoms with Crippen molar-refractivity contribution in [3.8, 4) is 11.5 Å². The summed E-state index contributed by atoms with van der Waals surface area (Å²) in [5.74, 6) is -0.146. The largest absolute Gasteiger partial charge is 0.497 e. The Kier molecular flexibility index (Phi) is 8.69. The van der Waals surface area contributed by atoms with Crippen LogP contribution in [0.3, 0.4) is 0 Å². The van der Waals surface area contributed by atoms with E-state index in [4.69, 9.17) is 14.2 Å². The van der Waals surface area contributed by atoms with E-state index in [9.17, 15) is 18.0 Å². The summed E-state index contributed by atoms with van der Waals surface area (Å²) in [7, 11) is -2.43. The van der Waals surface area contributed by atoms with Gasteiger partial charge in [-0.05, 0) is 61.0 Å². The monoisotopic (exact) mass is 498 g/mol. The molecule has 0 saturated heterocycles. The molecule has 0 aliphatic heterocycles. The van der Waals surface area contributed by atoms with E-state index >= 15 is 0 Å². The molecule has 3 aromatic rings. The van der Waals surface area contributed by atoms with Gasteiger partial charge < -0.3 is 19.5 Å². The maximum atomic E-state index is 12.8. The Morgan fingerprint density at radius 2 is 1.66 bits per heavy atom. The van der Waals surface area contributed by atoms with Crippen LogP contribution in [0.2, 0.25) is 0 Å². The fraction of sp³-hybridized carbons (Fsp3) is 0.200. The molecule has 10 heteroatoms. The van der Waals surface area contributed by atoms with Crippen LogP contribution in [0.1, 0.15) is 22.8 Å². The highest BCUT2D eigenvalue weighted by atomic mass is 32.2. The van der Waals surface area contributed by atoms with Crippen molar-refractivity contribution in [3.63, 3.8) is 0 Å². The van der Waals surface area contributed by atoms with Gasteiger partial charge >= 0.3 is 5.97 Å². The van der Waals surface area contributed by atoms with Crippen LogP contribution in [0, 0.1) is 0 Å². The van der Waals surface area contributed by atoms with Gasteiger partial charge in [0.05, 0.1) is 29.9 Å². The lowest BCUT2D eigenvalue weighted by molar-refractivity contribution is -0.124. The Labute approximate surface area is 204 Å². The van der Waals surface area contributed by atoms with Gasteiger partial charge in [-0.1, -0.05) is 24.3 Å². The number of benzene rings is 3. The topological polar surface area (TPSA) is 120 Å². The first-order valence-corrected chi connectivity index (χ1v) is 12.2. The van der Waals surface area contributed by atoms with Crippen LogP contribution in [0.5, 0.6) is 11.5 Å². The van der Waals surface area contributed by atoms with E-state index in [0.29, 0.717) is 18.1 Å². The summed E-state index contributed by atoms with van der Waals surface area (Å²) >= 11 is 0. The zero-order chi connectivity index (χ0) is 25.3. The quantitative estimate of drug-likeness (QED) is 0.389. The van der Waals surface area contributed by atoms with Crippen LogP contribution in [0.25, 0.3) is 0 Å². The number of rotatable bonds is 11.